The maximum atomic E-state index is 12.1. The number of halogens is 1. The average Bonchev–Trinajstić information content (AvgIpc) is 2.59. The predicted molar refractivity (Wildman–Crippen MR) is 96.5 cm³/mol. The lowest BCUT2D eigenvalue weighted by Gasteiger charge is -2.10. The normalized spacial score (nSPS) is 10.9. The van der Waals surface area contributed by atoms with E-state index < -0.39 is 28.3 Å². The first-order valence-corrected chi connectivity index (χ1v) is 9.59. The largest absolute Gasteiger partial charge is 0.495 e. The number of carbonyl (C=O) groups is 2. The highest BCUT2D eigenvalue weighted by Crippen LogP contribution is 2.27. The third-order valence-corrected chi connectivity index (χ3v) is 4.73. The van der Waals surface area contributed by atoms with Crippen molar-refractivity contribution in [3.63, 3.8) is 0 Å². The molecule has 0 unspecified atom stereocenters. The fourth-order valence-electron chi connectivity index (χ4n) is 2.11. The number of hydrogen-bond acceptors (Lipinski definition) is 6. The summed E-state index contributed by atoms with van der Waals surface area (Å²) in [4.78, 5) is 23.9. The molecule has 1 amide bonds. The number of sulfone groups is 1. The van der Waals surface area contributed by atoms with Gasteiger partial charge in [-0.15, -0.1) is 0 Å². The molecule has 0 aromatic heterocycles. The van der Waals surface area contributed by atoms with Crippen LogP contribution < -0.4 is 10.1 Å². The zero-order valence-electron chi connectivity index (χ0n) is 14.0. The number of amides is 1. The zero-order chi connectivity index (χ0) is 19.3. The van der Waals surface area contributed by atoms with Crippen LogP contribution in [-0.4, -0.2) is 40.3 Å². The van der Waals surface area contributed by atoms with Crippen LogP contribution in [0.4, 0.5) is 5.69 Å². The molecule has 0 heterocycles. The van der Waals surface area contributed by atoms with Gasteiger partial charge in [0.15, 0.2) is 16.4 Å². The van der Waals surface area contributed by atoms with E-state index in [2.05, 4.69) is 5.32 Å². The second-order valence-corrected chi connectivity index (χ2v) is 7.63. The smallest absolute Gasteiger partial charge is 0.339 e. The lowest BCUT2D eigenvalue weighted by atomic mass is 10.2. The quantitative estimate of drug-likeness (QED) is 0.752. The molecule has 0 aliphatic carbocycles. The summed E-state index contributed by atoms with van der Waals surface area (Å²) in [6, 6.07) is 10.2. The minimum atomic E-state index is -3.60. The van der Waals surface area contributed by atoms with Crippen molar-refractivity contribution in [3.05, 3.63) is 53.1 Å². The fraction of sp³-hybridized carbons (Fsp3) is 0.176. The van der Waals surface area contributed by atoms with Crippen LogP contribution in [0.15, 0.2) is 47.4 Å². The number of ether oxygens (including phenoxy) is 2. The molecule has 2 rings (SSSR count). The summed E-state index contributed by atoms with van der Waals surface area (Å²) in [5, 5.41) is 2.82. The Hall–Kier alpha value is -2.58. The Morgan fingerprint density at radius 1 is 1.15 bits per heavy atom. The number of esters is 1. The van der Waals surface area contributed by atoms with Gasteiger partial charge in [0, 0.05) is 11.9 Å². The van der Waals surface area contributed by atoms with Gasteiger partial charge >= 0.3 is 5.97 Å². The molecule has 0 bridgehead atoms. The molecule has 7 nitrogen and oxygen atoms in total. The van der Waals surface area contributed by atoms with Gasteiger partial charge in [0.05, 0.1) is 22.6 Å². The lowest BCUT2D eigenvalue weighted by Crippen LogP contribution is -2.21. The predicted octanol–water partition coefficient (Wildman–Crippen LogP) is 2.55. The molecule has 0 aliphatic heterocycles. The Morgan fingerprint density at radius 3 is 2.46 bits per heavy atom. The number of anilines is 1. The molecule has 0 spiro atoms. The fourth-order valence-corrected chi connectivity index (χ4v) is 3.24. The standard InChI is InChI=1S/C17H16ClNO6S/c1-24-14-8-7-11(9-13(14)18)19-16(20)10-25-17(21)12-5-3-4-6-15(12)26(2,22)23/h3-9H,10H2,1-2H3,(H,19,20). The number of carbonyl (C=O) groups excluding carboxylic acids is 2. The van der Waals surface area contributed by atoms with E-state index in [1.165, 1.54) is 37.4 Å². The molecular formula is C17H16ClNO6S. The van der Waals surface area contributed by atoms with Gasteiger partial charge in [-0.25, -0.2) is 13.2 Å². The summed E-state index contributed by atoms with van der Waals surface area (Å²) in [6.45, 7) is -0.583. The van der Waals surface area contributed by atoms with E-state index in [1.54, 1.807) is 12.1 Å². The molecule has 26 heavy (non-hydrogen) atoms. The van der Waals surface area contributed by atoms with E-state index in [1.807, 2.05) is 0 Å². The van der Waals surface area contributed by atoms with Crippen LogP contribution >= 0.6 is 11.6 Å². The van der Waals surface area contributed by atoms with Gasteiger partial charge in [-0.2, -0.15) is 0 Å². The Balaban J connectivity index is 2.02. The first-order valence-electron chi connectivity index (χ1n) is 7.32. The molecule has 1 N–H and O–H groups in total. The van der Waals surface area contributed by atoms with Gasteiger partial charge in [-0.1, -0.05) is 23.7 Å². The maximum Gasteiger partial charge on any atom is 0.339 e. The van der Waals surface area contributed by atoms with E-state index in [0.717, 1.165) is 6.26 Å². The van der Waals surface area contributed by atoms with Gasteiger partial charge in [-0.05, 0) is 30.3 Å². The molecular weight excluding hydrogens is 382 g/mol. The first kappa shape index (κ1) is 19.7. The van der Waals surface area contributed by atoms with Crippen molar-refractivity contribution in [2.75, 3.05) is 25.3 Å². The van der Waals surface area contributed by atoms with Crippen LogP contribution in [0.25, 0.3) is 0 Å². The number of nitrogens with one attached hydrogen (secondary N) is 1. The Morgan fingerprint density at radius 2 is 1.85 bits per heavy atom. The summed E-state index contributed by atoms with van der Waals surface area (Å²) in [5.41, 5.74) is 0.267. The summed E-state index contributed by atoms with van der Waals surface area (Å²) in [5.74, 6) is -1.06. The molecule has 0 radical (unpaired) electrons. The van der Waals surface area contributed by atoms with Crippen LogP contribution in [0, 0.1) is 0 Å². The Bertz CT molecular complexity index is 942. The summed E-state index contributed by atoms with van der Waals surface area (Å²) in [7, 11) is -2.14. The molecule has 0 atom stereocenters. The van der Waals surface area contributed by atoms with Crippen molar-refractivity contribution in [3.8, 4) is 5.75 Å². The SMILES string of the molecule is COc1ccc(NC(=O)COC(=O)c2ccccc2S(C)(=O)=O)cc1Cl. The molecule has 0 aliphatic rings. The van der Waals surface area contributed by atoms with Gasteiger partial charge in [-0.3, -0.25) is 4.79 Å². The minimum absolute atomic E-state index is 0.129. The molecule has 2 aromatic carbocycles. The third-order valence-electron chi connectivity index (χ3n) is 3.28. The highest BCUT2D eigenvalue weighted by atomic mass is 35.5. The van der Waals surface area contributed by atoms with Crippen LogP contribution in [0.2, 0.25) is 5.02 Å². The molecule has 0 saturated carbocycles. The van der Waals surface area contributed by atoms with Crippen molar-refractivity contribution in [2.45, 2.75) is 4.90 Å². The van der Waals surface area contributed by atoms with Gasteiger partial charge in [0.2, 0.25) is 0 Å². The van der Waals surface area contributed by atoms with Crippen LogP contribution in [0.3, 0.4) is 0 Å². The van der Waals surface area contributed by atoms with Crippen LogP contribution in [0.5, 0.6) is 5.75 Å². The number of benzene rings is 2. The van der Waals surface area contributed by atoms with Gasteiger partial charge < -0.3 is 14.8 Å². The molecule has 138 valence electrons. The van der Waals surface area contributed by atoms with E-state index >= 15 is 0 Å². The molecule has 2 aromatic rings. The molecule has 9 heteroatoms. The third kappa shape index (κ3) is 4.96. The highest BCUT2D eigenvalue weighted by Gasteiger charge is 2.20. The second kappa shape index (κ2) is 8.20. The van der Waals surface area contributed by atoms with Crippen molar-refractivity contribution >= 4 is 39.0 Å². The summed E-state index contributed by atoms with van der Waals surface area (Å²) < 4.78 is 33.3. The van der Waals surface area contributed by atoms with Crippen molar-refractivity contribution in [1.29, 1.82) is 0 Å². The number of methoxy groups -OCH3 is 1. The lowest BCUT2D eigenvalue weighted by molar-refractivity contribution is -0.119. The summed E-state index contributed by atoms with van der Waals surface area (Å²) >= 11 is 5.96. The van der Waals surface area contributed by atoms with E-state index in [9.17, 15) is 18.0 Å². The van der Waals surface area contributed by atoms with E-state index in [0.29, 0.717) is 16.5 Å². The van der Waals surface area contributed by atoms with E-state index in [-0.39, 0.29) is 10.5 Å². The number of rotatable bonds is 6. The van der Waals surface area contributed by atoms with Gasteiger partial charge in [0.25, 0.3) is 5.91 Å². The Labute approximate surface area is 155 Å². The second-order valence-electron chi connectivity index (χ2n) is 5.24. The highest BCUT2D eigenvalue weighted by molar-refractivity contribution is 7.90. The van der Waals surface area contributed by atoms with Crippen LogP contribution in [0.1, 0.15) is 10.4 Å². The monoisotopic (exact) mass is 397 g/mol. The van der Waals surface area contributed by atoms with E-state index in [4.69, 9.17) is 21.1 Å². The van der Waals surface area contributed by atoms with Gasteiger partial charge in [0.1, 0.15) is 5.75 Å². The minimum Gasteiger partial charge on any atom is -0.495 e. The first-order chi connectivity index (χ1) is 12.2. The number of hydrogen-bond donors (Lipinski definition) is 1. The topological polar surface area (TPSA) is 98.8 Å². The molecule has 0 saturated heterocycles. The van der Waals surface area contributed by atoms with Crippen molar-refractivity contribution in [1.82, 2.24) is 0 Å². The van der Waals surface area contributed by atoms with Crippen LogP contribution in [-0.2, 0) is 19.4 Å². The molecule has 0 fully saturated rings. The Kier molecular flexibility index (Phi) is 6.23. The zero-order valence-corrected chi connectivity index (χ0v) is 15.6. The van der Waals surface area contributed by atoms with Crippen molar-refractivity contribution in [2.24, 2.45) is 0 Å². The summed E-state index contributed by atoms with van der Waals surface area (Å²) in [6.07, 6.45) is 0.985. The maximum absolute atomic E-state index is 12.1. The average molecular weight is 398 g/mol. The van der Waals surface area contributed by atoms with Crippen molar-refractivity contribution < 1.29 is 27.5 Å².